The molecule has 11 nitrogen and oxygen atoms in total. The van der Waals surface area contributed by atoms with Crippen LogP contribution in [0.4, 0.5) is 5.69 Å². The third-order valence-corrected chi connectivity index (χ3v) is 10.4. The number of carbonyl (C=O) groups excluding carboxylic acids is 3. The Bertz CT molecular complexity index is 1400. The van der Waals surface area contributed by atoms with Gasteiger partial charge in [-0.2, -0.15) is 11.8 Å². The number of likely N-dealkylation sites (N-methyl/N-ethyl adjacent to an activating group) is 1. The fraction of sp³-hybridized carbons (Fsp3) is 0.567. The number of anilines is 1. The number of primary amides is 1. The third kappa shape index (κ3) is 4.68. The van der Waals surface area contributed by atoms with Gasteiger partial charge in [-0.1, -0.05) is 0 Å². The summed E-state index contributed by atoms with van der Waals surface area (Å²) in [6.45, 7) is 1.16. The minimum Gasteiger partial charge on any atom is -0.508 e. The van der Waals surface area contributed by atoms with E-state index in [4.69, 9.17) is 5.73 Å². The Labute approximate surface area is 249 Å². The number of hydrogen-bond donors (Lipinski definition) is 6. The highest BCUT2D eigenvalue weighted by molar-refractivity contribution is 7.99. The summed E-state index contributed by atoms with van der Waals surface area (Å²) in [5, 5.41) is 49.4. The molecule has 1 heterocycles. The van der Waals surface area contributed by atoms with Crippen molar-refractivity contribution in [1.82, 2.24) is 10.2 Å². The Balaban J connectivity index is 1.60. The van der Waals surface area contributed by atoms with Gasteiger partial charge in [0.05, 0.1) is 11.6 Å². The molecule has 1 saturated heterocycles. The molecule has 1 saturated carbocycles. The lowest BCUT2D eigenvalue weighted by Gasteiger charge is -2.50. The number of nitrogens with one attached hydrogen (secondary N) is 1. The van der Waals surface area contributed by atoms with Crippen molar-refractivity contribution in [2.24, 2.45) is 23.5 Å². The molecule has 3 aliphatic carbocycles. The minimum absolute atomic E-state index is 0.0579. The highest BCUT2D eigenvalue weighted by atomic mass is 32.2. The van der Waals surface area contributed by atoms with Crippen LogP contribution in [0, 0.1) is 17.8 Å². The van der Waals surface area contributed by atoms with Gasteiger partial charge in [0.15, 0.2) is 11.4 Å². The second-order valence-electron chi connectivity index (χ2n) is 12.3. The van der Waals surface area contributed by atoms with Crippen LogP contribution in [0.3, 0.4) is 0 Å². The minimum atomic E-state index is -2.65. The molecule has 4 aliphatic rings. The summed E-state index contributed by atoms with van der Waals surface area (Å²) >= 11 is 1.96. The topological polar surface area (TPSA) is 177 Å². The predicted molar refractivity (Wildman–Crippen MR) is 160 cm³/mol. The van der Waals surface area contributed by atoms with E-state index in [-0.39, 0.29) is 29.7 Å². The summed E-state index contributed by atoms with van der Waals surface area (Å²) < 4.78 is 0. The first-order valence-electron chi connectivity index (χ1n) is 14.3. The van der Waals surface area contributed by atoms with Gasteiger partial charge in [-0.05, 0) is 81.3 Å². The number of aliphatic hydroxyl groups excluding tert-OH is 2. The highest BCUT2D eigenvalue weighted by Crippen LogP contribution is 2.54. The number of phenols is 1. The van der Waals surface area contributed by atoms with Crippen molar-refractivity contribution in [1.29, 1.82) is 0 Å². The molecule has 42 heavy (non-hydrogen) atoms. The molecular weight excluding hydrogens is 560 g/mol. The number of fused-ring (bicyclic) bond motifs is 3. The summed E-state index contributed by atoms with van der Waals surface area (Å²) in [6.07, 6.45) is 2.58. The summed E-state index contributed by atoms with van der Waals surface area (Å²) in [6, 6.07) is 0.776. The van der Waals surface area contributed by atoms with E-state index < -0.39 is 58.0 Å². The first-order chi connectivity index (χ1) is 19.8. The summed E-state index contributed by atoms with van der Waals surface area (Å²) in [5.74, 6) is -3.62. The fourth-order valence-electron chi connectivity index (χ4n) is 7.24. The van der Waals surface area contributed by atoms with Gasteiger partial charge in [-0.3, -0.25) is 19.3 Å². The number of Topliss-reactive ketones (excluding diaryl/α,β-unsaturated/α-hetero) is 2. The molecular formula is C30H40N4O7S. The molecule has 1 aromatic rings. The van der Waals surface area contributed by atoms with Crippen LogP contribution in [0.15, 0.2) is 23.0 Å². The zero-order valence-corrected chi connectivity index (χ0v) is 25.3. The Kier molecular flexibility index (Phi) is 8.12. The Morgan fingerprint density at radius 3 is 2.40 bits per heavy atom. The maximum Gasteiger partial charge on any atom is 0.255 e. The van der Waals surface area contributed by atoms with Gasteiger partial charge in [0.1, 0.15) is 22.8 Å². The molecule has 2 fully saturated rings. The largest absolute Gasteiger partial charge is 0.508 e. The lowest BCUT2D eigenvalue weighted by Crippen LogP contribution is -2.65. The normalized spacial score (nSPS) is 28.1. The monoisotopic (exact) mass is 600 g/mol. The van der Waals surface area contributed by atoms with Gasteiger partial charge < -0.3 is 36.4 Å². The number of phenolic OH excluding ortho intramolecular Hbond substituents is 1. The number of rotatable bonds is 7. The third-order valence-electron chi connectivity index (χ3n) is 9.35. The van der Waals surface area contributed by atoms with Crippen molar-refractivity contribution in [2.45, 2.75) is 43.9 Å². The van der Waals surface area contributed by atoms with Crippen molar-refractivity contribution in [3.05, 3.63) is 39.7 Å². The number of aromatic hydroxyl groups is 1. The van der Waals surface area contributed by atoms with Crippen molar-refractivity contribution in [3.8, 4) is 5.75 Å². The van der Waals surface area contributed by atoms with E-state index in [1.165, 1.54) is 4.90 Å². The standard InChI is InChI=1S/C30H40N4O7S/c1-33(2)19-11-16(13-32-12-14-5-7-42-8-6-14)24(35)21-17(19)9-15-10-18-23(34(3)4)26(37)22(29(31)40)28(39)30(18,41)27(38)20(15)25(21)36/h11,14-15,18,23,32,35-36,39,41H,5-10,12-13H2,1-4H3,(H2,31,40)/t15-,18-,23-,30-/m0/s1. The molecule has 7 N–H and O–H groups in total. The van der Waals surface area contributed by atoms with E-state index >= 15 is 0 Å². The average Bonchev–Trinajstić information content (AvgIpc) is 2.92. The summed E-state index contributed by atoms with van der Waals surface area (Å²) in [4.78, 5) is 42.9. The molecule has 0 spiro atoms. The van der Waals surface area contributed by atoms with E-state index in [0.29, 0.717) is 23.6 Å². The van der Waals surface area contributed by atoms with Crippen molar-refractivity contribution < 1.29 is 34.8 Å². The van der Waals surface area contributed by atoms with Gasteiger partial charge in [-0.15, -0.1) is 0 Å². The lowest BCUT2D eigenvalue weighted by atomic mass is 9.57. The first kappa shape index (κ1) is 30.4. The molecule has 0 unspecified atom stereocenters. The molecule has 5 rings (SSSR count). The van der Waals surface area contributed by atoms with Crippen molar-refractivity contribution >= 4 is 40.7 Å². The number of hydrogen-bond acceptors (Lipinski definition) is 11. The zero-order chi connectivity index (χ0) is 30.7. The van der Waals surface area contributed by atoms with Crippen LogP contribution in [0.1, 0.15) is 36.0 Å². The van der Waals surface area contributed by atoms with E-state index in [1.807, 2.05) is 36.8 Å². The SMILES string of the molecule is CN(C)c1cc(CNCC2CCSCC2)c(O)c2c1C[C@H]1C[C@H]3[C@H](N(C)C)C(=O)C(C(N)=O)=C(O)[C@@]3(O)C(=O)C1=C2O. The second-order valence-corrected chi connectivity index (χ2v) is 13.5. The molecule has 12 heteroatoms. The van der Waals surface area contributed by atoms with Crippen LogP contribution < -0.4 is 16.0 Å². The van der Waals surface area contributed by atoms with Crippen LogP contribution in [0.2, 0.25) is 0 Å². The average molecular weight is 601 g/mol. The van der Waals surface area contributed by atoms with E-state index in [2.05, 4.69) is 5.32 Å². The van der Waals surface area contributed by atoms with Gasteiger partial charge in [0, 0.05) is 43.4 Å². The number of amides is 1. The number of aliphatic hydroxyl groups is 3. The molecule has 4 atom stereocenters. The van der Waals surface area contributed by atoms with Gasteiger partial charge >= 0.3 is 0 Å². The molecule has 1 aliphatic heterocycles. The van der Waals surface area contributed by atoms with Gasteiger partial charge in [0.2, 0.25) is 5.78 Å². The van der Waals surface area contributed by atoms with Crippen molar-refractivity contribution in [3.63, 3.8) is 0 Å². The highest BCUT2D eigenvalue weighted by Gasteiger charge is 2.64. The van der Waals surface area contributed by atoms with E-state index in [9.17, 15) is 34.8 Å². The van der Waals surface area contributed by atoms with Crippen LogP contribution in [0.25, 0.3) is 5.76 Å². The van der Waals surface area contributed by atoms with Crippen LogP contribution >= 0.6 is 11.8 Å². The number of thioether (sulfide) groups is 1. The molecule has 228 valence electrons. The molecule has 0 bridgehead atoms. The van der Waals surface area contributed by atoms with Crippen LogP contribution in [0.5, 0.6) is 5.75 Å². The quantitative estimate of drug-likeness (QED) is 0.249. The molecule has 0 aromatic heterocycles. The maximum atomic E-state index is 14.1. The lowest BCUT2D eigenvalue weighted by molar-refractivity contribution is -0.153. The number of nitrogens with two attached hydrogens (primary N) is 1. The van der Waals surface area contributed by atoms with Gasteiger partial charge in [0.25, 0.3) is 5.91 Å². The number of ketones is 2. The second kappa shape index (κ2) is 11.2. The summed E-state index contributed by atoms with van der Waals surface area (Å²) in [7, 11) is 6.89. The Hall–Kier alpha value is -3.06. The number of nitrogens with zero attached hydrogens (tertiary/aromatic N) is 2. The van der Waals surface area contributed by atoms with Crippen LogP contribution in [-0.4, -0.2) is 101 Å². The predicted octanol–water partition coefficient (Wildman–Crippen LogP) is 1.26. The van der Waals surface area contributed by atoms with Crippen molar-refractivity contribution in [2.75, 3.05) is 51.1 Å². The summed E-state index contributed by atoms with van der Waals surface area (Å²) in [5.41, 5.74) is 3.88. The smallest absolute Gasteiger partial charge is 0.255 e. The maximum absolute atomic E-state index is 14.1. The number of carbonyl (C=O) groups is 3. The zero-order valence-electron chi connectivity index (χ0n) is 24.4. The van der Waals surface area contributed by atoms with E-state index in [1.54, 1.807) is 14.1 Å². The molecule has 0 radical (unpaired) electrons. The van der Waals surface area contributed by atoms with Gasteiger partial charge in [-0.25, -0.2) is 0 Å². The number of benzene rings is 1. The fourth-order valence-corrected chi connectivity index (χ4v) is 8.45. The molecule has 1 amide bonds. The van der Waals surface area contributed by atoms with Crippen LogP contribution in [-0.2, 0) is 27.3 Å². The van der Waals surface area contributed by atoms with E-state index in [0.717, 1.165) is 36.6 Å². The first-order valence-corrected chi connectivity index (χ1v) is 15.4. The Morgan fingerprint density at radius 1 is 1.14 bits per heavy atom. The Morgan fingerprint density at radius 2 is 1.81 bits per heavy atom. The molecule has 1 aromatic carbocycles.